The SMILES string of the molecule is Cc1csc(-n2ccc(=O)[nH]2)c1. The summed E-state index contributed by atoms with van der Waals surface area (Å²) in [4.78, 5) is 10.8. The van der Waals surface area contributed by atoms with Gasteiger partial charge in [-0.25, -0.2) is 0 Å². The van der Waals surface area contributed by atoms with E-state index < -0.39 is 0 Å². The second-order valence-corrected chi connectivity index (χ2v) is 3.51. The smallest absolute Gasteiger partial charge is 0.264 e. The molecule has 1 N–H and O–H groups in total. The van der Waals surface area contributed by atoms with E-state index in [-0.39, 0.29) is 5.56 Å². The maximum atomic E-state index is 10.8. The molecule has 0 saturated heterocycles. The van der Waals surface area contributed by atoms with Crippen LogP contribution in [0.1, 0.15) is 5.56 Å². The summed E-state index contributed by atoms with van der Waals surface area (Å²) in [6.07, 6.45) is 1.73. The Bertz CT molecular complexity index is 438. The third-order valence-corrected chi connectivity index (χ3v) is 2.61. The number of aromatic amines is 1. The van der Waals surface area contributed by atoms with Gasteiger partial charge in [0.15, 0.2) is 0 Å². The number of nitrogens with one attached hydrogen (secondary N) is 1. The molecule has 2 aromatic heterocycles. The van der Waals surface area contributed by atoms with Crippen LogP contribution in [0.25, 0.3) is 5.00 Å². The van der Waals surface area contributed by atoms with Gasteiger partial charge in [0.05, 0.1) is 0 Å². The normalized spacial score (nSPS) is 10.4. The zero-order chi connectivity index (χ0) is 8.55. The molecule has 12 heavy (non-hydrogen) atoms. The van der Waals surface area contributed by atoms with Crippen molar-refractivity contribution in [1.82, 2.24) is 9.78 Å². The van der Waals surface area contributed by atoms with Crippen LogP contribution in [0, 0.1) is 6.92 Å². The van der Waals surface area contributed by atoms with Crippen LogP contribution in [0.4, 0.5) is 0 Å². The number of rotatable bonds is 1. The van der Waals surface area contributed by atoms with Crippen LogP contribution in [0.5, 0.6) is 0 Å². The molecule has 2 heterocycles. The second-order valence-electron chi connectivity index (χ2n) is 2.62. The molecule has 3 nitrogen and oxygen atoms in total. The fourth-order valence-electron chi connectivity index (χ4n) is 1.01. The van der Waals surface area contributed by atoms with Crippen molar-refractivity contribution in [2.24, 2.45) is 0 Å². The van der Waals surface area contributed by atoms with Crippen molar-refractivity contribution in [1.29, 1.82) is 0 Å². The Morgan fingerprint density at radius 1 is 1.58 bits per heavy atom. The number of hydrogen-bond donors (Lipinski definition) is 1. The minimum Gasteiger partial charge on any atom is -0.268 e. The van der Waals surface area contributed by atoms with Gasteiger partial charge in [0, 0.05) is 12.3 Å². The largest absolute Gasteiger partial charge is 0.268 e. The molecule has 0 aliphatic heterocycles. The summed E-state index contributed by atoms with van der Waals surface area (Å²) in [6.45, 7) is 2.03. The molecule has 62 valence electrons. The van der Waals surface area contributed by atoms with E-state index in [1.54, 1.807) is 22.2 Å². The summed E-state index contributed by atoms with van der Waals surface area (Å²) in [5.41, 5.74) is 1.14. The van der Waals surface area contributed by atoms with Crippen molar-refractivity contribution < 1.29 is 0 Å². The summed E-state index contributed by atoms with van der Waals surface area (Å²) in [5, 5.41) is 5.76. The first-order valence-electron chi connectivity index (χ1n) is 3.59. The monoisotopic (exact) mass is 180 g/mol. The summed E-state index contributed by atoms with van der Waals surface area (Å²) >= 11 is 1.61. The lowest BCUT2D eigenvalue weighted by Gasteiger charge is -1.93. The third-order valence-electron chi connectivity index (χ3n) is 1.56. The predicted molar refractivity (Wildman–Crippen MR) is 49.0 cm³/mol. The van der Waals surface area contributed by atoms with E-state index in [2.05, 4.69) is 5.10 Å². The predicted octanol–water partition coefficient (Wildman–Crippen LogP) is 1.54. The molecule has 0 saturated carbocycles. The minimum absolute atomic E-state index is 0.0685. The lowest BCUT2D eigenvalue weighted by Crippen LogP contribution is -2.01. The Labute approximate surface area is 73.3 Å². The average Bonchev–Trinajstić information content (AvgIpc) is 2.58. The molecule has 0 spiro atoms. The van der Waals surface area contributed by atoms with E-state index in [1.165, 1.54) is 11.6 Å². The Hall–Kier alpha value is -1.29. The van der Waals surface area contributed by atoms with Crippen molar-refractivity contribution in [3.05, 3.63) is 39.6 Å². The maximum absolute atomic E-state index is 10.8. The highest BCUT2D eigenvalue weighted by Gasteiger charge is 1.98. The Morgan fingerprint density at radius 3 is 2.92 bits per heavy atom. The lowest BCUT2D eigenvalue weighted by atomic mass is 10.4. The van der Waals surface area contributed by atoms with Gasteiger partial charge in [0.1, 0.15) is 5.00 Å². The van der Waals surface area contributed by atoms with Crippen LogP contribution in [0.3, 0.4) is 0 Å². The summed E-state index contributed by atoms with van der Waals surface area (Å²) in [5.74, 6) is 0. The van der Waals surface area contributed by atoms with Crippen molar-refractivity contribution in [3.8, 4) is 5.00 Å². The van der Waals surface area contributed by atoms with E-state index in [9.17, 15) is 4.79 Å². The summed E-state index contributed by atoms with van der Waals surface area (Å²) in [6, 6.07) is 3.54. The van der Waals surface area contributed by atoms with Crippen LogP contribution in [-0.2, 0) is 0 Å². The van der Waals surface area contributed by atoms with E-state index >= 15 is 0 Å². The molecule has 0 fully saturated rings. The van der Waals surface area contributed by atoms with Crippen LogP contribution >= 0.6 is 11.3 Å². The molecule has 2 aromatic rings. The molecule has 0 unspecified atom stereocenters. The number of aryl methyl sites for hydroxylation is 1. The van der Waals surface area contributed by atoms with Crippen molar-refractivity contribution >= 4 is 11.3 Å². The average molecular weight is 180 g/mol. The Morgan fingerprint density at radius 2 is 2.42 bits per heavy atom. The molecule has 2 rings (SSSR count). The zero-order valence-corrected chi connectivity index (χ0v) is 7.39. The zero-order valence-electron chi connectivity index (χ0n) is 6.57. The highest BCUT2D eigenvalue weighted by Crippen LogP contribution is 2.16. The fourth-order valence-corrected chi connectivity index (χ4v) is 1.86. The summed E-state index contributed by atoms with van der Waals surface area (Å²) in [7, 11) is 0. The molecular formula is C8H8N2OS. The number of aromatic nitrogens is 2. The van der Waals surface area contributed by atoms with Gasteiger partial charge < -0.3 is 0 Å². The van der Waals surface area contributed by atoms with Gasteiger partial charge in [-0.3, -0.25) is 14.6 Å². The first kappa shape index (κ1) is 7.36. The highest BCUT2D eigenvalue weighted by molar-refractivity contribution is 7.12. The van der Waals surface area contributed by atoms with Crippen LogP contribution in [0.15, 0.2) is 28.5 Å². The Balaban J connectivity index is 2.50. The van der Waals surface area contributed by atoms with Gasteiger partial charge >= 0.3 is 0 Å². The number of hydrogen-bond acceptors (Lipinski definition) is 2. The number of H-pyrrole nitrogens is 1. The maximum Gasteiger partial charge on any atom is 0.264 e. The van der Waals surface area contributed by atoms with Gasteiger partial charge in [0.2, 0.25) is 0 Å². The second kappa shape index (κ2) is 2.64. The quantitative estimate of drug-likeness (QED) is 0.710. The van der Waals surface area contributed by atoms with Gasteiger partial charge in [-0.15, -0.1) is 11.3 Å². The Kier molecular flexibility index (Phi) is 1.62. The van der Waals surface area contributed by atoms with Crippen LogP contribution in [-0.4, -0.2) is 9.78 Å². The molecule has 4 heteroatoms. The van der Waals surface area contributed by atoms with Gasteiger partial charge in [-0.1, -0.05) is 0 Å². The van der Waals surface area contributed by atoms with Crippen LogP contribution < -0.4 is 5.56 Å². The van der Waals surface area contributed by atoms with Crippen molar-refractivity contribution in [2.75, 3.05) is 0 Å². The molecule has 0 aliphatic rings. The third kappa shape index (κ3) is 1.21. The first-order chi connectivity index (χ1) is 5.75. The molecule has 0 atom stereocenters. The molecular weight excluding hydrogens is 172 g/mol. The standard InChI is InChI=1S/C8H8N2OS/c1-6-4-8(12-5-6)10-3-2-7(11)9-10/h2-5H,1H3,(H,9,11). The van der Waals surface area contributed by atoms with Gasteiger partial charge in [-0.05, 0) is 23.9 Å². The number of nitrogens with zero attached hydrogens (tertiary/aromatic N) is 1. The van der Waals surface area contributed by atoms with Crippen molar-refractivity contribution in [2.45, 2.75) is 6.92 Å². The molecule has 0 aromatic carbocycles. The topological polar surface area (TPSA) is 37.8 Å². The van der Waals surface area contributed by atoms with Gasteiger partial charge in [0.25, 0.3) is 5.56 Å². The molecule has 0 aliphatic carbocycles. The molecule has 0 amide bonds. The van der Waals surface area contributed by atoms with Crippen molar-refractivity contribution in [3.63, 3.8) is 0 Å². The van der Waals surface area contributed by atoms with E-state index in [4.69, 9.17) is 0 Å². The highest BCUT2D eigenvalue weighted by atomic mass is 32.1. The van der Waals surface area contributed by atoms with Gasteiger partial charge in [-0.2, -0.15) is 0 Å². The molecule has 0 radical (unpaired) electrons. The first-order valence-corrected chi connectivity index (χ1v) is 4.47. The fraction of sp³-hybridized carbons (Fsp3) is 0.125. The lowest BCUT2D eigenvalue weighted by molar-refractivity contribution is 0.879. The molecule has 0 bridgehead atoms. The minimum atomic E-state index is -0.0685. The van der Waals surface area contributed by atoms with Crippen LogP contribution in [0.2, 0.25) is 0 Å². The van der Waals surface area contributed by atoms with E-state index in [0.29, 0.717) is 0 Å². The summed E-state index contributed by atoms with van der Waals surface area (Å²) < 4.78 is 1.72. The van der Waals surface area contributed by atoms with E-state index in [0.717, 1.165) is 5.00 Å². The number of thiophene rings is 1. The van der Waals surface area contributed by atoms with E-state index in [1.807, 2.05) is 18.4 Å².